The summed E-state index contributed by atoms with van der Waals surface area (Å²) >= 11 is 0. The second-order valence-electron chi connectivity index (χ2n) is 5.00. The van der Waals surface area contributed by atoms with Gasteiger partial charge in [-0.2, -0.15) is 4.31 Å². The van der Waals surface area contributed by atoms with E-state index in [1.54, 1.807) is 13.8 Å². The van der Waals surface area contributed by atoms with E-state index in [2.05, 4.69) is 0 Å². The fourth-order valence-electron chi connectivity index (χ4n) is 2.24. The molecule has 130 valence electrons. The maximum atomic E-state index is 13.0. The summed E-state index contributed by atoms with van der Waals surface area (Å²) in [7, 11) is 0.364. The molecule has 0 aliphatic heterocycles. The van der Waals surface area contributed by atoms with Gasteiger partial charge in [-0.15, -0.1) is 0 Å². The fourth-order valence-corrected chi connectivity index (χ4v) is 4.04. The van der Waals surface area contributed by atoms with Crippen molar-refractivity contribution in [2.45, 2.75) is 31.2 Å². The average molecular weight is 345 g/mol. The molecule has 0 saturated heterocycles. The summed E-state index contributed by atoms with van der Waals surface area (Å²) < 4.78 is 42.8. The van der Waals surface area contributed by atoms with Crippen LogP contribution in [0.4, 0.5) is 0 Å². The number of hydrogen-bond acceptors (Lipinski definition) is 6. The largest absolute Gasteiger partial charge is 0.493 e. The summed E-state index contributed by atoms with van der Waals surface area (Å²) in [5.74, 6) is 0.645. The number of carbonyl (C=O) groups excluding carboxylic acids is 1. The predicted molar refractivity (Wildman–Crippen MR) is 85.8 cm³/mol. The van der Waals surface area contributed by atoms with Crippen molar-refractivity contribution in [3.63, 3.8) is 0 Å². The van der Waals surface area contributed by atoms with Gasteiger partial charge in [0, 0.05) is 19.0 Å². The Bertz CT molecular complexity index is 642. The number of aldehydes is 1. The summed E-state index contributed by atoms with van der Waals surface area (Å²) in [6, 6.07) is 2.61. The first-order chi connectivity index (χ1) is 10.8. The van der Waals surface area contributed by atoms with Crippen LogP contribution >= 0.6 is 0 Å². The molecule has 0 fully saturated rings. The zero-order valence-corrected chi connectivity index (χ0v) is 14.8. The van der Waals surface area contributed by atoms with Crippen LogP contribution in [0.3, 0.4) is 0 Å². The molecular weight excluding hydrogens is 322 g/mol. The lowest BCUT2D eigenvalue weighted by Gasteiger charge is -2.26. The molecule has 1 aromatic carbocycles. The smallest absolute Gasteiger partial charge is 0.247 e. The molecule has 8 heteroatoms. The van der Waals surface area contributed by atoms with Crippen molar-refractivity contribution in [2.75, 3.05) is 27.9 Å². The average Bonchev–Trinajstić information content (AvgIpc) is 2.52. The van der Waals surface area contributed by atoms with Gasteiger partial charge >= 0.3 is 0 Å². The highest BCUT2D eigenvalue weighted by molar-refractivity contribution is 7.89. The van der Waals surface area contributed by atoms with E-state index in [0.717, 1.165) is 0 Å². The number of sulfonamides is 1. The first-order valence-electron chi connectivity index (χ1n) is 7.09. The molecular formula is C15H23NO6S. The number of methoxy groups -OCH3 is 3. The molecule has 0 spiro atoms. The molecule has 1 rings (SSSR count). The Kier molecular flexibility index (Phi) is 6.83. The number of carbonyl (C=O) groups is 1. The highest BCUT2D eigenvalue weighted by Gasteiger charge is 2.32. The quantitative estimate of drug-likeness (QED) is 0.634. The monoisotopic (exact) mass is 345 g/mol. The van der Waals surface area contributed by atoms with E-state index < -0.39 is 10.0 Å². The molecule has 0 bridgehead atoms. The number of rotatable bonds is 9. The van der Waals surface area contributed by atoms with Gasteiger partial charge in [-0.25, -0.2) is 8.42 Å². The van der Waals surface area contributed by atoms with Crippen molar-refractivity contribution in [1.82, 2.24) is 4.31 Å². The lowest BCUT2D eigenvalue weighted by Crippen LogP contribution is -2.38. The molecule has 0 heterocycles. The van der Waals surface area contributed by atoms with Crippen molar-refractivity contribution in [3.8, 4) is 17.2 Å². The van der Waals surface area contributed by atoms with Crippen LogP contribution in [0.15, 0.2) is 17.0 Å². The van der Waals surface area contributed by atoms with Crippen LogP contribution in [0.1, 0.15) is 20.3 Å². The Morgan fingerprint density at radius 1 is 1.09 bits per heavy atom. The van der Waals surface area contributed by atoms with Crippen LogP contribution in [-0.2, 0) is 14.8 Å². The molecule has 0 aromatic heterocycles. The number of nitrogens with zero attached hydrogens (tertiary/aromatic N) is 1. The topological polar surface area (TPSA) is 82.1 Å². The second kappa shape index (κ2) is 8.16. The van der Waals surface area contributed by atoms with Crippen LogP contribution in [-0.4, -0.2) is 52.9 Å². The molecule has 0 saturated carbocycles. The Labute approximate surface area is 137 Å². The predicted octanol–water partition coefficient (Wildman–Crippen LogP) is 1.70. The van der Waals surface area contributed by atoms with E-state index in [9.17, 15) is 13.2 Å². The minimum absolute atomic E-state index is 0.0303. The van der Waals surface area contributed by atoms with E-state index in [4.69, 9.17) is 14.2 Å². The van der Waals surface area contributed by atoms with Crippen molar-refractivity contribution >= 4 is 16.3 Å². The Morgan fingerprint density at radius 3 is 2.13 bits per heavy atom. The van der Waals surface area contributed by atoms with Crippen LogP contribution in [0, 0.1) is 0 Å². The third-order valence-electron chi connectivity index (χ3n) is 3.30. The molecule has 23 heavy (non-hydrogen) atoms. The Balaban J connectivity index is 3.50. The lowest BCUT2D eigenvalue weighted by atomic mass is 10.3. The maximum Gasteiger partial charge on any atom is 0.247 e. The van der Waals surface area contributed by atoms with Gasteiger partial charge < -0.3 is 19.0 Å². The van der Waals surface area contributed by atoms with Gasteiger partial charge in [-0.1, -0.05) is 0 Å². The lowest BCUT2D eigenvalue weighted by molar-refractivity contribution is -0.108. The number of hydrogen-bond donors (Lipinski definition) is 0. The van der Waals surface area contributed by atoms with Crippen molar-refractivity contribution in [3.05, 3.63) is 12.1 Å². The van der Waals surface area contributed by atoms with Gasteiger partial charge in [0.25, 0.3) is 0 Å². The highest BCUT2D eigenvalue weighted by atomic mass is 32.2. The van der Waals surface area contributed by atoms with Crippen molar-refractivity contribution < 1.29 is 27.4 Å². The van der Waals surface area contributed by atoms with Gasteiger partial charge in [0.05, 0.1) is 21.3 Å². The number of benzene rings is 1. The summed E-state index contributed by atoms with van der Waals surface area (Å²) in [6.45, 7) is 3.59. The summed E-state index contributed by atoms with van der Waals surface area (Å²) in [6.07, 6.45) is 0.809. The third kappa shape index (κ3) is 3.94. The summed E-state index contributed by atoms with van der Waals surface area (Å²) in [4.78, 5) is 10.6. The Hall–Kier alpha value is -1.80. The molecule has 0 amide bonds. The minimum atomic E-state index is -3.86. The molecule has 0 aliphatic rings. The maximum absolute atomic E-state index is 13.0. The van der Waals surface area contributed by atoms with Gasteiger partial charge in [0.1, 0.15) is 11.2 Å². The van der Waals surface area contributed by atoms with E-state index >= 15 is 0 Å². The van der Waals surface area contributed by atoms with Gasteiger partial charge in [-0.05, 0) is 26.0 Å². The van der Waals surface area contributed by atoms with Crippen molar-refractivity contribution in [2.24, 2.45) is 0 Å². The zero-order chi connectivity index (χ0) is 17.6. The van der Waals surface area contributed by atoms with Gasteiger partial charge in [0.15, 0.2) is 11.5 Å². The molecule has 0 unspecified atom stereocenters. The van der Waals surface area contributed by atoms with E-state index in [1.165, 1.54) is 37.8 Å². The molecule has 7 nitrogen and oxygen atoms in total. The Morgan fingerprint density at radius 2 is 1.70 bits per heavy atom. The van der Waals surface area contributed by atoms with E-state index in [0.29, 0.717) is 12.0 Å². The second-order valence-corrected chi connectivity index (χ2v) is 6.86. The number of ether oxygens (including phenoxy) is 3. The molecule has 0 aliphatic carbocycles. The molecule has 0 radical (unpaired) electrons. The van der Waals surface area contributed by atoms with Crippen LogP contribution in [0.5, 0.6) is 17.2 Å². The highest BCUT2D eigenvalue weighted by Crippen LogP contribution is 2.42. The molecule has 0 atom stereocenters. The van der Waals surface area contributed by atoms with Crippen molar-refractivity contribution in [1.29, 1.82) is 0 Å². The first kappa shape index (κ1) is 19.2. The zero-order valence-electron chi connectivity index (χ0n) is 14.0. The van der Waals surface area contributed by atoms with E-state index in [-0.39, 0.29) is 35.4 Å². The standard InChI is InChI=1S/C15H23NO6S/c1-11(2)16(9-6-10-17)23(18,19)13-8-7-12(20-3)14(21-4)15(13)22-5/h7-8,10-11H,6,9H2,1-5H3. The SMILES string of the molecule is COc1ccc(S(=O)(=O)N(CCC=O)C(C)C)c(OC)c1OC. The van der Waals surface area contributed by atoms with Crippen LogP contribution in [0.2, 0.25) is 0 Å². The molecule has 1 aromatic rings. The van der Waals surface area contributed by atoms with Crippen LogP contribution < -0.4 is 14.2 Å². The summed E-state index contributed by atoms with van der Waals surface area (Å²) in [5.41, 5.74) is 0. The third-order valence-corrected chi connectivity index (χ3v) is 5.40. The van der Waals surface area contributed by atoms with Gasteiger partial charge in [0.2, 0.25) is 15.8 Å². The summed E-state index contributed by atoms with van der Waals surface area (Å²) in [5, 5.41) is 0. The fraction of sp³-hybridized carbons (Fsp3) is 0.533. The molecule has 0 N–H and O–H groups in total. The normalized spacial score (nSPS) is 11.6. The minimum Gasteiger partial charge on any atom is -0.493 e. The van der Waals surface area contributed by atoms with Gasteiger partial charge in [-0.3, -0.25) is 0 Å². The first-order valence-corrected chi connectivity index (χ1v) is 8.53. The van der Waals surface area contributed by atoms with Crippen LogP contribution in [0.25, 0.3) is 0 Å². The van der Waals surface area contributed by atoms with E-state index in [1.807, 2.05) is 0 Å².